The lowest BCUT2D eigenvalue weighted by atomic mass is 9.99. The zero-order chi connectivity index (χ0) is 28.2. The van der Waals surface area contributed by atoms with Crippen molar-refractivity contribution in [2.24, 2.45) is 0 Å². The molecule has 0 spiro atoms. The first-order chi connectivity index (χ1) is 19.1. The highest BCUT2D eigenvalue weighted by Crippen LogP contribution is 2.40. The van der Waals surface area contributed by atoms with Gasteiger partial charge in [0.15, 0.2) is 0 Å². The van der Waals surface area contributed by atoms with Crippen LogP contribution in [-0.4, -0.2) is 90.2 Å². The lowest BCUT2D eigenvalue weighted by Gasteiger charge is -2.50. The van der Waals surface area contributed by atoms with Crippen molar-refractivity contribution in [3.8, 4) is 0 Å². The molecule has 2 unspecified atom stereocenters. The zero-order valence-electron chi connectivity index (χ0n) is 21.4. The number of hydrogen-bond acceptors (Lipinski definition) is 6. The van der Waals surface area contributed by atoms with E-state index < -0.39 is 22.1 Å². The molecule has 2 saturated heterocycles. The SMILES string of the molecule is O=C1C(Cc2ccc(Br)cc2)N2C(=O)C(N3CCOCC3)CN(S(=O)(=O)c3ccc(Cl)cc3Cl)C2=CN1C1CC1. The quantitative estimate of drug-likeness (QED) is 0.466. The Kier molecular flexibility index (Phi) is 7.64. The minimum Gasteiger partial charge on any atom is -0.379 e. The number of amides is 2. The summed E-state index contributed by atoms with van der Waals surface area (Å²) in [6, 6.07) is 10.1. The van der Waals surface area contributed by atoms with E-state index in [0.29, 0.717) is 31.3 Å². The Hall–Kier alpha value is -2.15. The second-order valence-corrected chi connectivity index (χ2v) is 13.9. The summed E-state index contributed by atoms with van der Waals surface area (Å²) in [5, 5.41) is 0.291. The van der Waals surface area contributed by atoms with Gasteiger partial charge in [0, 0.05) is 41.2 Å². The van der Waals surface area contributed by atoms with Gasteiger partial charge >= 0.3 is 0 Å². The van der Waals surface area contributed by atoms with Gasteiger partial charge in [-0.05, 0) is 48.7 Å². The zero-order valence-corrected chi connectivity index (χ0v) is 25.3. The van der Waals surface area contributed by atoms with E-state index in [2.05, 4.69) is 15.9 Å². The molecule has 13 heteroatoms. The van der Waals surface area contributed by atoms with E-state index in [1.54, 1.807) is 4.90 Å². The highest BCUT2D eigenvalue weighted by atomic mass is 79.9. The van der Waals surface area contributed by atoms with Gasteiger partial charge in [-0.25, -0.2) is 12.7 Å². The lowest BCUT2D eigenvalue weighted by Crippen LogP contribution is -2.68. The average molecular weight is 670 g/mol. The standard InChI is InChI=1S/C27H27BrCl2N4O5S/c28-18-3-1-17(2-4-18)13-22-26(35)32(20-6-7-20)16-25-33(40(37,38)24-8-5-19(29)14-21(24)30)15-23(27(36)34(22)25)31-9-11-39-12-10-31/h1-5,8,14,16,20,22-23H,6-7,9-13,15H2. The predicted molar refractivity (Wildman–Crippen MR) is 153 cm³/mol. The Morgan fingerprint density at radius 1 is 0.975 bits per heavy atom. The maximum Gasteiger partial charge on any atom is 0.267 e. The van der Waals surface area contributed by atoms with E-state index in [9.17, 15) is 18.0 Å². The third-order valence-electron chi connectivity index (χ3n) is 7.70. The number of hydrogen-bond donors (Lipinski definition) is 0. The number of morpholine rings is 1. The summed E-state index contributed by atoms with van der Waals surface area (Å²) in [5.74, 6) is -0.353. The molecule has 0 aromatic heterocycles. The number of rotatable bonds is 6. The van der Waals surface area contributed by atoms with Crippen LogP contribution in [-0.2, 0) is 30.8 Å². The molecule has 0 N–H and O–H groups in total. The van der Waals surface area contributed by atoms with Crippen LogP contribution in [0.5, 0.6) is 0 Å². The summed E-state index contributed by atoms with van der Waals surface area (Å²) < 4.78 is 36.1. The van der Waals surface area contributed by atoms with Crippen molar-refractivity contribution in [3.05, 3.63) is 74.6 Å². The fourth-order valence-electron chi connectivity index (χ4n) is 5.48. The summed E-state index contributed by atoms with van der Waals surface area (Å²) >= 11 is 15.9. The highest BCUT2D eigenvalue weighted by molar-refractivity contribution is 9.10. The van der Waals surface area contributed by atoms with E-state index >= 15 is 0 Å². The summed E-state index contributed by atoms with van der Waals surface area (Å²) in [6.07, 6.45) is 3.41. The van der Waals surface area contributed by atoms with Crippen molar-refractivity contribution >= 4 is 61.0 Å². The van der Waals surface area contributed by atoms with Crippen molar-refractivity contribution in [2.75, 3.05) is 32.8 Å². The molecule has 0 bridgehead atoms. The lowest BCUT2D eigenvalue weighted by molar-refractivity contribution is -0.153. The van der Waals surface area contributed by atoms with Crippen molar-refractivity contribution in [1.82, 2.24) is 19.0 Å². The Morgan fingerprint density at radius 2 is 1.68 bits per heavy atom. The molecule has 0 radical (unpaired) electrons. The molecule has 1 aliphatic carbocycles. The number of carbonyl (C=O) groups excluding carboxylic acids is 2. The normalized spacial score (nSPS) is 24.3. The Labute approximate surface area is 251 Å². The largest absolute Gasteiger partial charge is 0.379 e. The minimum absolute atomic E-state index is 0.0168. The highest BCUT2D eigenvalue weighted by Gasteiger charge is 2.53. The number of halogens is 3. The molecule has 40 heavy (non-hydrogen) atoms. The van der Waals surface area contributed by atoms with E-state index in [1.807, 2.05) is 29.2 Å². The van der Waals surface area contributed by atoms with E-state index in [0.717, 1.165) is 22.9 Å². The van der Waals surface area contributed by atoms with Crippen molar-refractivity contribution < 1.29 is 22.7 Å². The van der Waals surface area contributed by atoms with Crippen LogP contribution < -0.4 is 0 Å². The molecule has 6 rings (SSSR count). The second kappa shape index (κ2) is 10.9. The molecule has 212 valence electrons. The first-order valence-corrected chi connectivity index (χ1v) is 16.0. The summed E-state index contributed by atoms with van der Waals surface area (Å²) in [4.78, 5) is 33.0. The van der Waals surface area contributed by atoms with Crippen LogP contribution >= 0.6 is 39.1 Å². The van der Waals surface area contributed by atoms with Crippen molar-refractivity contribution in [3.63, 3.8) is 0 Å². The van der Waals surface area contributed by atoms with Crippen molar-refractivity contribution in [2.45, 2.75) is 42.3 Å². The first kappa shape index (κ1) is 28.0. The molecule has 3 aliphatic heterocycles. The van der Waals surface area contributed by atoms with E-state index in [1.165, 1.54) is 33.6 Å². The second-order valence-electron chi connectivity index (χ2n) is 10.3. The molecule has 2 atom stereocenters. The molecular weight excluding hydrogens is 643 g/mol. The summed E-state index contributed by atoms with van der Waals surface area (Å²) in [5.41, 5.74) is 0.856. The number of benzene rings is 2. The minimum atomic E-state index is -4.24. The number of ether oxygens (including phenoxy) is 1. The van der Waals surface area contributed by atoms with Gasteiger partial charge in [-0.2, -0.15) is 0 Å². The topological polar surface area (TPSA) is 90.5 Å². The van der Waals surface area contributed by atoms with Crippen LogP contribution in [0, 0.1) is 0 Å². The first-order valence-electron chi connectivity index (χ1n) is 13.1. The van der Waals surface area contributed by atoms with Gasteiger partial charge < -0.3 is 9.64 Å². The van der Waals surface area contributed by atoms with Gasteiger partial charge in [-0.1, -0.05) is 51.3 Å². The molecule has 3 heterocycles. The molecule has 4 aliphatic rings. The molecule has 9 nitrogen and oxygen atoms in total. The maximum atomic E-state index is 14.3. The fraction of sp³-hybridized carbons (Fsp3) is 0.407. The van der Waals surface area contributed by atoms with Gasteiger partial charge in [-0.15, -0.1) is 0 Å². The monoisotopic (exact) mass is 668 g/mol. The maximum absolute atomic E-state index is 14.3. The number of nitrogens with zero attached hydrogens (tertiary/aromatic N) is 4. The molecule has 1 saturated carbocycles. The van der Waals surface area contributed by atoms with Crippen LogP contribution in [0.3, 0.4) is 0 Å². The Morgan fingerprint density at radius 3 is 2.33 bits per heavy atom. The van der Waals surface area contributed by atoms with Gasteiger partial charge in [0.2, 0.25) is 11.8 Å². The molecular formula is C27H27BrCl2N4O5S. The Balaban J connectivity index is 1.48. The van der Waals surface area contributed by atoms with Crippen LogP contribution in [0.1, 0.15) is 18.4 Å². The average Bonchev–Trinajstić information content (AvgIpc) is 3.77. The van der Waals surface area contributed by atoms with Crippen LogP contribution in [0.2, 0.25) is 10.0 Å². The molecule has 3 fully saturated rings. The van der Waals surface area contributed by atoms with Crippen LogP contribution in [0.25, 0.3) is 0 Å². The summed E-state index contributed by atoms with van der Waals surface area (Å²) in [7, 11) is -4.24. The number of carbonyl (C=O) groups is 2. The van der Waals surface area contributed by atoms with Crippen molar-refractivity contribution in [1.29, 1.82) is 0 Å². The van der Waals surface area contributed by atoms with Gasteiger partial charge in [0.1, 0.15) is 22.8 Å². The predicted octanol–water partition coefficient (Wildman–Crippen LogP) is 3.70. The van der Waals surface area contributed by atoms with E-state index in [-0.39, 0.29) is 46.6 Å². The Bertz CT molecular complexity index is 1480. The number of sulfonamides is 1. The van der Waals surface area contributed by atoms with Crippen LogP contribution in [0.4, 0.5) is 0 Å². The van der Waals surface area contributed by atoms with E-state index in [4.69, 9.17) is 27.9 Å². The smallest absolute Gasteiger partial charge is 0.267 e. The third-order valence-corrected chi connectivity index (χ3v) is 10.7. The number of fused-ring (bicyclic) bond motifs is 1. The van der Waals surface area contributed by atoms with Gasteiger partial charge in [0.05, 0.1) is 24.8 Å². The summed E-state index contributed by atoms with van der Waals surface area (Å²) in [6.45, 7) is 1.69. The molecule has 2 aromatic rings. The van der Waals surface area contributed by atoms with Gasteiger partial charge in [0.25, 0.3) is 10.0 Å². The fourth-order valence-corrected chi connectivity index (χ4v) is 7.95. The third kappa shape index (κ3) is 5.16. The van der Waals surface area contributed by atoms with Gasteiger partial charge in [-0.3, -0.25) is 19.4 Å². The van der Waals surface area contributed by atoms with Crippen LogP contribution in [0.15, 0.2) is 63.9 Å². The molecule has 2 aromatic carbocycles. The molecule has 2 amide bonds.